The van der Waals surface area contributed by atoms with Gasteiger partial charge in [-0.1, -0.05) is 110 Å². The second-order valence-electron chi connectivity index (χ2n) is 11.6. The van der Waals surface area contributed by atoms with Crippen LogP contribution in [0.5, 0.6) is 0 Å². The molecule has 4 heteroatoms. The maximum Gasteiger partial charge on any atom is 0.0696 e. The van der Waals surface area contributed by atoms with Crippen LogP contribution in [0.2, 0.25) is 0 Å². The highest BCUT2D eigenvalue weighted by atomic mass is 15.0. The number of benzene rings is 5. The number of aromatic nitrogens is 1. The van der Waals surface area contributed by atoms with Gasteiger partial charge in [-0.15, -0.1) is 0 Å². The largest absolute Gasteiger partial charge is 0.405 e. The summed E-state index contributed by atoms with van der Waals surface area (Å²) in [7, 11) is 0. The van der Waals surface area contributed by atoms with Crippen molar-refractivity contribution in [3.05, 3.63) is 169 Å². The Balaban J connectivity index is 1.42. The number of hydrogen-bond donors (Lipinski definition) is 3. The third-order valence-corrected chi connectivity index (χ3v) is 8.76. The van der Waals surface area contributed by atoms with Crippen molar-refractivity contribution in [2.24, 2.45) is 5.73 Å². The molecular weight excluding hydrogens is 560 g/mol. The number of nitrogens with zero attached hydrogens (tertiary/aromatic N) is 1. The molecule has 1 aliphatic heterocycles. The lowest BCUT2D eigenvalue weighted by atomic mass is 9.99. The van der Waals surface area contributed by atoms with E-state index in [4.69, 9.17) is 5.73 Å². The van der Waals surface area contributed by atoms with Crippen molar-refractivity contribution in [1.29, 1.82) is 0 Å². The third-order valence-electron chi connectivity index (χ3n) is 8.76. The van der Waals surface area contributed by atoms with E-state index in [1.807, 2.05) is 24.3 Å². The van der Waals surface area contributed by atoms with Crippen LogP contribution in [0.25, 0.3) is 54.7 Å². The molecule has 7 rings (SSSR count). The molecule has 1 unspecified atom stereocenters. The van der Waals surface area contributed by atoms with Gasteiger partial charge in [-0.3, -0.25) is 0 Å². The summed E-state index contributed by atoms with van der Waals surface area (Å²) in [6.45, 7) is 6.89. The quantitative estimate of drug-likeness (QED) is 0.145. The highest BCUT2D eigenvalue weighted by molar-refractivity contribution is 6.19. The van der Waals surface area contributed by atoms with Gasteiger partial charge in [0, 0.05) is 40.0 Å². The summed E-state index contributed by atoms with van der Waals surface area (Å²) in [5.74, 6) is 0. The van der Waals surface area contributed by atoms with E-state index >= 15 is 0 Å². The Morgan fingerprint density at radius 2 is 1.74 bits per heavy atom. The molecule has 1 aliphatic rings. The van der Waals surface area contributed by atoms with Gasteiger partial charge in [0.1, 0.15) is 0 Å². The predicted octanol–water partition coefficient (Wildman–Crippen LogP) is 9.73. The molecule has 2 heterocycles. The van der Waals surface area contributed by atoms with Crippen LogP contribution in [0.4, 0.5) is 0 Å². The summed E-state index contributed by atoms with van der Waals surface area (Å²) in [6.07, 6.45) is 18.8. The molecule has 0 bridgehead atoms. The molecule has 0 saturated carbocycles. The van der Waals surface area contributed by atoms with Crippen molar-refractivity contribution in [2.75, 3.05) is 6.54 Å². The van der Waals surface area contributed by atoms with Gasteiger partial charge in [0.2, 0.25) is 0 Å². The molecule has 0 amide bonds. The molecule has 0 aliphatic carbocycles. The second-order valence-corrected chi connectivity index (χ2v) is 11.6. The van der Waals surface area contributed by atoms with Crippen LogP contribution in [-0.4, -0.2) is 11.1 Å². The zero-order chi connectivity index (χ0) is 31.5. The fourth-order valence-electron chi connectivity index (χ4n) is 6.63. The van der Waals surface area contributed by atoms with E-state index in [9.17, 15) is 0 Å². The van der Waals surface area contributed by atoms with Crippen molar-refractivity contribution in [1.82, 2.24) is 15.2 Å². The number of rotatable bonds is 9. The number of nitrogens with one attached hydrogen (secondary N) is 2. The normalized spacial score (nSPS) is 15.4. The topological polar surface area (TPSA) is 55.0 Å². The molecule has 0 saturated heterocycles. The standard InChI is InChI=1S/C42H38N4/c1-3-11-38(44-4-2)32-19-21-35-31(26-32)18-23-37-36-22-20-33(39-24-17-29(28-45-39)12-6-5-9-25-43)27-41(36)46(42(35)37)40-16-10-14-30-13-7-8-15-34(30)40/h3,5-11,13-28,39,44-45H,1,4,12,43H2,2H3/b6-5-,25-9-,38-11-. The minimum absolute atomic E-state index is 0.0838. The van der Waals surface area contributed by atoms with Gasteiger partial charge < -0.3 is 20.9 Å². The van der Waals surface area contributed by atoms with Crippen LogP contribution >= 0.6 is 0 Å². The first kappa shape index (κ1) is 29.0. The van der Waals surface area contributed by atoms with E-state index in [0.29, 0.717) is 0 Å². The minimum atomic E-state index is 0.0838. The lowest BCUT2D eigenvalue weighted by molar-refractivity contribution is 0.737. The Kier molecular flexibility index (Phi) is 8.01. The van der Waals surface area contributed by atoms with Crippen molar-refractivity contribution in [2.45, 2.75) is 19.4 Å². The summed E-state index contributed by atoms with van der Waals surface area (Å²) in [4.78, 5) is 0. The summed E-state index contributed by atoms with van der Waals surface area (Å²) in [5, 5.41) is 14.5. The number of hydrogen-bond acceptors (Lipinski definition) is 3. The SMILES string of the molecule is C=C/C=C(\NCC)c1ccc2c(ccc3c4ccc(C5C=CC(C/C=C\C=C/N)=CN5)cc4n(-c4cccc5ccccc45)c23)c1. The van der Waals surface area contributed by atoms with E-state index in [-0.39, 0.29) is 6.04 Å². The molecule has 0 fully saturated rings. The lowest BCUT2D eigenvalue weighted by Gasteiger charge is -2.19. The third kappa shape index (κ3) is 5.28. The van der Waals surface area contributed by atoms with Crippen LogP contribution in [0.3, 0.4) is 0 Å². The Bertz CT molecular complexity index is 2250. The Morgan fingerprint density at radius 1 is 0.891 bits per heavy atom. The van der Waals surface area contributed by atoms with Gasteiger partial charge >= 0.3 is 0 Å². The van der Waals surface area contributed by atoms with E-state index in [2.05, 4.69) is 144 Å². The first-order valence-corrected chi connectivity index (χ1v) is 15.9. The number of fused-ring (bicyclic) bond motifs is 6. The average molecular weight is 599 g/mol. The van der Waals surface area contributed by atoms with E-state index < -0.39 is 0 Å². The van der Waals surface area contributed by atoms with Crippen molar-refractivity contribution < 1.29 is 0 Å². The van der Waals surface area contributed by atoms with E-state index in [1.165, 1.54) is 60.2 Å². The maximum atomic E-state index is 5.45. The van der Waals surface area contributed by atoms with Crippen LogP contribution in [-0.2, 0) is 0 Å². The van der Waals surface area contributed by atoms with Crippen LogP contribution < -0.4 is 16.4 Å². The maximum absolute atomic E-state index is 5.45. The average Bonchev–Trinajstić information content (AvgIpc) is 3.43. The van der Waals surface area contributed by atoms with Crippen molar-refractivity contribution in [3.8, 4) is 5.69 Å². The number of dihydropyridines is 1. The fraction of sp³-hybridized carbons (Fsp3) is 0.0952. The first-order valence-electron chi connectivity index (χ1n) is 15.9. The molecule has 0 radical (unpaired) electrons. The molecule has 5 aromatic carbocycles. The monoisotopic (exact) mass is 598 g/mol. The second kappa shape index (κ2) is 12.7. The predicted molar refractivity (Wildman–Crippen MR) is 198 cm³/mol. The van der Waals surface area contributed by atoms with Crippen molar-refractivity contribution in [3.63, 3.8) is 0 Å². The first-order chi connectivity index (χ1) is 22.7. The van der Waals surface area contributed by atoms with Crippen LogP contribution in [0.15, 0.2) is 158 Å². The van der Waals surface area contributed by atoms with E-state index in [1.54, 1.807) is 6.20 Å². The zero-order valence-corrected chi connectivity index (χ0v) is 26.1. The summed E-state index contributed by atoms with van der Waals surface area (Å²) in [5.41, 5.74) is 13.7. The molecular formula is C42H38N4. The van der Waals surface area contributed by atoms with Gasteiger partial charge in [0.05, 0.1) is 22.8 Å². The molecule has 0 spiro atoms. The summed E-state index contributed by atoms with van der Waals surface area (Å²) < 4.78 is 2.48. The molecule has 226 valence electrons. The Morgan fingerprint density at radius 3 is 2.57 bits per heavy atom. The molecule has 1 atom stereocenters. The fourth-order valence-corrected chi connectivity index (χ4v) is 6.63. The Labute approximate surface area is 270 Å². The molecule has 4 N–H and O–H groups in total. The Hall–Kier alpha value is -5.74. The molecule has 4 nitrogen and oxygen atoms in total. The highest BCUT2D eigenvalue weighted by Gasteiger charge is 2.19. The summed E-state index contributed by atoms with van der Waals surface area (Å²) >= 11 is 0. The highest BCUT2D eigenvalue weighted by Crippen LogP contribution is 2.40. The smallest absolute Gasteiger partial charge is 0.0696 e. The van der Waals surface area contributed by atoms with Gasteiger partial charge in [0.15, 0.2) is 0 Å². The van der Waals surface area contributed by atoms with Gasteiger partial charge in [-0.25, -0.2) is 0 Å². The number of allylic oxidation sites excluding steroid dienone is 7. The number of nitrogens with two attached hydrogens (primary N) is 1. The van der Waals surface area contributed by atoms with Gasteiger partial charge in [-0.05, 0) is 77.4 Å². The lowest BCUT2D eigenvalue weighted by Crippen LogP contribution is -2.16. The molecule has 1 aromatic heterocycles. The molecule has 46 heavy (non-hydrogen) atoms. The van der Waals surface area contributed by atoms with Crippen LogP contribution in [0, 0.1) is 0 Å². The van der Waals surface area contributed by atoms with Crippen LogP contribution in [0.1, 0.15) is 30.5 Å². The van der Waals surface area contributed by atoms with E-state index in [0.717, 1.165) is 24.2 Å². The van der Waals surface area contributed by atoms with Gasteiger partial charge in [-0.2, -0.15) is 0 Å². The summed E-state index contributed by atoms with van der Waals surface area (Å²) in [6, 6.07) is 33.6. The minimum Gasteiger partial charge on any atom is -0.405 e. The zero-order valence-electron chi connectivity index (χ0n) is 26.1. The molecule has 6 aromatic rings. The van der Waals surface area contributed by atoms with Crippen molar-refractivity contribution >= 4 is 49.0 Å². The van der Waals surface area contributed by atoms with Gasteiger partial charge in [0.25, 0.3) is 0 Å².